The fraction of sp³-hybridized carbons (Fsp3) is 0.625. The molecule has 0 saturated heterocycles. The van der Waals surface area contributed by atoms with Crippen LogP contribution < -0.4 is 11.1 Å². The summed E-state index contributed by atoms with van der Waals surface area (Å²) >= 11 is 1.30. The van der Waals surface area contributed by atoms with Crippen LogP contribution in [0.15, 0.2) is 0 Å². The van der Waals surface area contributed by atoms with E-state index in [1.165, 1.54) is 11.8 Å². The summed E-state index contributed by atoms with van der Waals surface area (Å²) < 4.78 is 0. The van der Waals surface area contributed by atoms with Crippen LogP contribution in [0.3, 0.4) is 0 Å². The molecule has 3 N–H and O–H groups in total. The maximum Gasteiger partial charge on any atom is 0.287 e. The third kappa shape index (κ3) is 2.73. The number of carbonyl (C=O) groups is 3. The van der Waals surface area contributed by atoms with Gasteiger partial charge in [0.1, 0.15) is 5.37 Å². The topological polar surface area (TPSA) is 89.3 Å². The maximum atomic E-state index is 11.2. The normalized spacial score (nSPS) is 18.0. The molecule has 0 aromatic carbocycles. The molecule has 2 amide bonds. The fourth-order valence-corrected chi connectivity index (χ4v) is 2.43. The van der Waals surface area contributed by atoms with Crippen LogP contribution in [0.2, 0.25) is 0 Å². The van der Waals surface area contributed by atoms with Gasteiger partial charge in [-0.15, -0.1) is 11.8 Å². The number of amides is 2. The highest BCUT2D eigenvalue weighted by molar-refractivity contribution is 8.01. The van der Waals surface area contributed by atoms with Crippen LogP contribution in [-0.4, -0.2) is 28.7 Å². The predicted molar refractivity (Wildman–Crippen MR) is 52.4 cm³/mol. The molecule has 1 unspecified atom stereocenters. The molecule has 1 aliphatic rings. The van der Waals surface area contributed by atoms with Crippen LogP contribution in [0, 0.1) is 0 Å². The van der Waals surface area contributed by atoms with Crippen LogP contribution in [0.5, 0.6) is 0 Å². The summed E-state index contributed by atoms with van der Waals surface area (Å²) in [7, 11) is 0. The molecule has 6 heteroatoms. The number of hydrogen-bond acceptors (Lipinski definition) is 4. The summed E-state index contributed by atoms with van der Waals surface area (Å²) in [5.41, 5.74) is 4.84. The summed E-state index contributed by atoms with van der Waals surface area (Å²) in [5, 5.41) is 1.84. The molecule has 0 radical (unpaired) electrons. The van der Waals surface area contributed by atoms with Gasteiger partial charge in [0, 0.05) is 5.25 Å². The third-order valence-corrected chi connectivity index (χ3v) is 3.56. The number of nitrogens with two attached hydrogens (primary N) is 1. The molecule has 1 fully saturated rings. The average molecular weight is 216 g/mol. The first-order valence-electron chi connectivity index (χ1n) is 4.34. The van der Waals surface area contributed by atoms with Gasteiger partial charge >= 0.3 is 0 Å². The summed E-state index contributed by atoms with van der Waals surface area (Å²) in [6.07, 6.45) is 3.59. The Kier molecular flexibility index (Phi) is 3.94. The number of hydrogen-bond donors (Lipinski definition) is 2. The van der Waals surface area contributed by atoms with Gasteiger partial charge in [-0.3, -0.25) is 14.4 Å². The Morgan fingerprint density at radius 2 is 2.14 bits per heavy atom. The van der Waals surface area contributed by atoms with Gasteiger partial charge < -0.3 is 11.1 Å². The highest BCUT2D eigenvalue weighted by Crippen LogP contribution is 2.33. The molecular weight excluding hydrogens is 204 g/mol. The Balaban J connectivity index is 2.48. The van der Waals surface area contributed by atoms with Crippen molar-refractivity contribution in [1.29, 1.82) is 0 Å². The molecule has 0 aromatic heterocycles. The quantitative estimate of drug-likeness (QED) is 0.352. The molecule has 78 valence electrons. The van der Waals surface area contributed by atoms with Crippen molar-refractivity contribution in [2.75, 3.05) is 0 Å². The number of Topliss-reactive ketones (excluding diaryl/α,β-unsaturated/α-hetero) is 1. The number of primary amides is 1. The lowest BCUT2D eigenvalue weighted by Gasteiger charge is -2.27. The largest absolute Gasteiger partial charge is 0.363 e. The van der Waals surface area contributed by atoms with Crippen molar-refractivity contribution in [2.45, 2.75) is 29.9 Å². The standard InChI is InChI=1S/C8H12N2O3S/c9-7(13)6(12)8(10-4-11)14-5-2-1-3-5/h4-5,8H,1-3H2,(H2,9,13)(H,10,11). The van der Waals surface area contributed by atoms with Crippen LogP contribution >= 0.6 is 11.8 Å². The average Bonchev–Trinajstić information content (AvgIpc) is 2.07. The fourth-order valence-electron chi connectivity index (χ4n) is 1.07. The number of nitrogens with one attached hydrogen (secondary N) is 1. The third-order valence-electron chi connectivity index (χ3n) is 2.08. The first-order chi connectivity index (χ1) is 6.65. The molecule has 0 heterocycles. The minimum atomic E-state index is -1.00. The van der Waals surface area contributed by atoms with Crippen molar-refractivity contribution in [1.82, 2.24) is 5.32 Å². The highest BCUT2D eigenvalue weighted by Gasteiger charge is 2.29. The van der Waals surface area contributed by atoms with E-state index in [-0.39, 0.29) is 0 Å². The lowest BCUT2D eigenvalue weighted by molar-refractivity contribution is -0.136. The number of carbonyl (C=O) groups excluding carboxylic acids is 3. The van der Waals surface area contributed by atoms with E-state index < -0.39 is 17.1 Å². The zero-order valence-corrected chi connectivity index (χ0v) is 8.38. The Morgan fingerprint density at radius 3 is 2.50 bits per heavy atom. The second-order valence-electron chi connectivity index (χ2n) is 3.08. The number of ketones is 1. The molecule has 1 aliphatic carbocycles. The summed E-state index contributed by atoms with van der Waals surface area (Å²) in [6.45, 7) is 0. The van der Waals surface area contributed by atoms with Gasteiger partial charge in [-0.05, 0) is 12.8 Å². The van der Waals surface area contributed by atoms with Crippen molar-refractivity contribution in [3.8, 4) is 0 Å². The molecule has 1 atom stereocenters. The molecule has 1 saturated carbocycles. The zero-order chi connectivity index (χ0) is 10.6. The number of rotatable bonds is 6. The van der Waals surface area contributed by atoms with Crippen molar-refractivity contribution in [3.05, 3.63) is 0 Å². The number of thioether (sulfide) groups is 1. The minimum Gasteiger partial charge on any atom is -0.363 e. The SMILES string of the molecule is NC(=O)C(=O)C(NC=O)SC1CCC1. The zero-order valence-electron chi connectivity index (χ0n) is 7.56. The Bertz CT molecular complexity index is 253. The highest BCUT2D eigenvalue weighted by atomic mass is 32.2. The first-order valence-corrected chi connectivity index (χ1v) is 5.28. The first kappa shape index (κ1) is 11.0. The van der Waals surface area contributed by atoms with Crippen LogP contribution in [0.4, 0.5) is 0 Å². The van der Waals surface area contributed by atoms with Crippen LogP contribution in [0.1, 0.15) is 19.3 Å². The van der Waals surface area contributed by atoms with E-state index in [4.69, 9.17) is 5.73 Å². The van der Waals surface area contributed by atoms with Crippen molar-refractivity contribution in [2.24, 2.45) is 5.73 Å². The molecule has 1 rings (SSSR count). The van der Waals surface area contributed by atoms with Crippen molar-refractivity contribution < 1.29 is 14.4 Å². The lowest BCUT2D eigenvalue weighted by Crippen LogP contribution is -2.42. The van der Waals surface area contributed by atoms with Gasteiger partial charge in [0.15, 0.2) is 0 Å². The van der Waals surface area contributed by atoms with E-state index in [9.17, 15) is 14.4 Å². The second-order valence-corrected chi connectivity index (χ2v) is 4.49. The van der Waals surface area contributed by atoms with Crippen molar-refractivity contribution >= 4 is 29.9 Å². The van der Waals surface area contributed by atoms with E-state index in [0.717, 1.165) is 19.3 Å². The van der Waals surface area contributed by atoms with E-state index >= 15 is 0 Å². The van der Waals surface area contributed by atoms with Crippen LogP contribution in [0.25, 0.3) is 0 Å². The molecule has 14 heavy (non-hydrogen) atoms. The van der Waals surface area contributed by atoms with Crippen molar-refractivity contribution in [3.63, 3.8) is 0 Å². The van der Waals surface area contributed by atoms with Gasteiger partial charge in [-0.2, -0.15) is 0 Å². The molecule has 0 spiro atoms. The van der Waals surface area contributed by atoms with Gasteiger partial charge in [0.2, 0.25) is 6.41 Å². The van der Waals surface area contributed by atoms with E-state index in [1.807, 2.05) is 0 Å². The summed E-state index contributed by atoms with van der Waals surface area (Å²) in [5.74, 6) is -1.75. The Hall–Kier alpha value is -1.04. The van der Waals surface area contributed by atoms with Gasteiger partial charge in [-0.25, -0.2) is 0 Å². The van der Waals surface area contributed by atoms with Crippen LogP contribution in [-0.2, 0) is 14.4 Å². The molecule has 0 bridgehead atoms. The van der Waals surface area contributed by atoms with Gasteiger partial charge in [0.25, 0.3) is 11.7 Å². The molecule has 0 aromatic rings. The maximum absolute atomic E-state index is 11.2. The molecule has 5 nitrogen and oxygen atoms in total. The molecular formula is C8H12N2O3S. The Labute approximate surface area is 85.8 Å². The Morgan fingerprint density at radius 1 is 1.50 bits per heavy atom. The summed E-state index contributed by atoms with van der Waals surface area (Å²) in [4.78, 5) is 32.0. The van der Waals surface area contributed by atoms with Gasteiger partial charge in [-0.1, -0.05) is 6.42 Å². The van der Waals surface area contributed by atoms with Gasteiger partial charge in [0.05, 0.1) is 0 Å². The van der Waals surface area contributed by atoms with E-state index in [2.05, 4.69) is 5.32 Å². The lowest BCUT2D eigenvalue weighted by atomic mass is 10.00. The van der Waals surface area contributed by atoms with E-state index in [0.29, 0.717) is 11.7 Å². The smallest absolute Gasteiger partial charge is 0.287 e. The second kappa shape index (κ2) is 4.99. The predicted octanol–water partition coefficient (Wildman–Crippen LogP) is -0.601. The summed E-state index contributed by atoms with van der Waals surface area (Å²) in [6, 6.07) is 0. The van der Waals surface area contributed by atoms with E-state index in [1.54, 1.807) is 0 Å². The minimum absolute atomic E-state index is 0.357. The monoisotopic (exact) mass is 216 g/mol. The molecule has 0 aliphatic heterocycles.